The molecule has 4 aromatic heterocycles. The van der Waals surface area contributed by atoms with E-state index >= 15 is 0 Å². The number of aryl methyl sites for hydroxylation is 6. The molecule has 0 aliphatic heterocycles. The third-order valence-electron chi connectivity index (χ3n) is 7.47. The van der Waals surface area contributed by atoms with Crippen LogP contribution in [0, 0.1) is 55.4 Å². The molecule has 4 heterocycles. The second-order valence-electron chi connectivity index (χ2n) is 9.59. The van der Waals surface area contributed by atoms with Crippen LogP contribution in [0.5, 0.6) is 0 Å². The van der Waals surface area contributed by atoms with Crippen LogP contribution >= 0.6 is 0 Å². The monoisotopic (exact) mass is 446 g/mol. The van der Waals surface area contributed by atoms with Gasteiger partial charge in [-0.25, -0.2) is 9.97 Å². The minimum Gasteiger partial charge on any atom is -0.254 e. The number of pyridine rings is 4. The Morgan fingerprint density at radius 3 is 1.79 bits per heavy atom. The number of rotatable bonds is 2. The first-order chi connectivity index (χ1) is 16.2. The zero-order valence-corrected chi connectivity index (χ0v) is 21.3. The highest BCUT2D eigenvalue weighted by Crippen LogP contribution is 2.35. The molecule has 5 aromatic rings. The van der Waals surface area contributed by atoms with E-state index in [9.17, 15) is 0 Å². The molecule has 0 saturated carbocycles. The Morgan fingerprint density at radius 1 is 0.471 bits per heavy atom. The van der Waals surface area contributed by atoms with Crippen molar-refractivity contribution in [1.82, 2.24) is 19.9 Å². The Bertz CT molecular complexity index is 1630. The van der Waals surface area contributed by atoms with Crippen molar-refractivity contribution < 1.29 is 0 Å². The number of benzene rings is 1. The zero-order valence-electron chi connectivity index (χ0n) is 21.3. The smallest absolute Gasteiger partial charge is 0.0975 e. The second kappa shape index (κ2) is 7.98. The van der Waals surface area contributed by atoms with Crippen LogP contribution in [0.4, 0.5) is 0 Å². The summed E-state index contributed by atoms with van der Waals surface area (Å²) >= 11 is 0. The van der Waals surface area contributed by atoms with E-state index in [1.807, 2.05) is 12.4 Å². The summed E-state index contributed by atoms with van der Waals surface area (Å²) in [5, 5.41) is 2.30. The minimum atomic E-state index is 0.877. The summed E-state index contributed by atoms with van der Waals surface area (Å²) in [5.74, 6) is 0. The number of hydrogen-bond acceptors (Lipinski definition) is 4. The maximum absolute atomic E-state index is 5.23. The van der Waals surface area contributed by atoms with Gasteiger partial charge in [0.15, 0.2) is 0 Å². The highest BCUT2D eigenvalue weighted by Gasteiger charge is 2.19. The van der Waals surface area contributed by atoms with E-state index in [-0.39, 0.29) is 0 Å². The fourth-order valence-electron chi connectivity index (χ4n) is 4.57. The van der Waals surface area contributed by atoms with E-state index < -0.39 is 0 Å². The van der Waals surface area contributed by atoms with Gasteiger partial charge in [-0.15, -0.1) is 0 Å². The van der Waals surface area contributed by atoms with Gasteiger partial charge in [-0.1, -0.05) is 12.1 Å². The first-order valence-corrected chi connectivity index (χ1v) is 11.8. The molecule has 0 atom stereocenters. The maximum atomic E-state index is 5.23. The van der Waals surface area contributed by atoms with E-state index in [0.717, 1.165) is 55.7 Å². The third kappa shape index (κ3) is 3.37. The zero-order chi connectivity index (χ0) is 24.3. The Balaban J connectivity index is 1.82. The predicted octanol–water partition coefficient (Wildman–Crippen LogP) is 7.37. The van der Waals surface area contributed by atoms with Gasteiger partial charge in [0.2, 0.25) is 0 Å². The van der Waals surface area contributed by atoms with E-state index in [0.29, 0.717) is 0 Å². The second-order valence-corrected chi connectivity index (χ2v) is 9.59. The number of hydrogen-bond donors (Lipinski definition) is 0. The van der Waals surface area contributed by atoms with Crippen LogP contribution in [0.25, 0.3) is 44.6 Å². The molecular weight excluding hydrogens is 416 g/mol. The van der Waals surface area contributed by atoms with Crippen LogP contribution in [0.3, 0.4) is 0 Å². The number of fused-ring (bicyclic) bond motifs is 3. The van der Waals surface area contributed by atoms with Crippen LogP contribution < -0.4 is 0 Å². The molecule has 0 radical (unpaired) electrons. The average Bonchev–Trinajstić information content (AvgIpc) is 2.82. The van der Waals surface area contributed by atoms with Crippen molar-refractivity contribution in [1.29, 1.82) is 0 Å². The van der Waals surface area contributed by atoms with Crippen molar-refractivity contribution >= 4 is 21.8 Å². The molecule has 4 heteroatoms. The number of nitrogens with zero attached hydrogens (tertiary/aromatic N) is 4. The Kier molecular flexibility index (Phi) is 5.20. The van der Waals surface area contributed by atoms with Gasteiger partial charge < -0.3 is 0 Å². The van der Waals surface area contributed by atoms with Gasteiger partial charge in [0, 0.05) is 23.2 Å². The lowest BCUT2D eigenvalue weighted by atomic mass is 9.95. The largest absolute Gasteiger partial charge is 0.254 e. The molecule has 34 heavy (non-hydrogen) atoms. The summed E-state index contributed by atoms with van der Waals surface area (Å²) < 4.78 is 0. The van der Waals surface area contributed by atoms with Crippen LogP contribution in [0.15, 0.2) is 36.7 Å². The first kappa shape index (κ1) is 22.1. The van der Waals surface area contributed by atoms with Gasteiger partial charge in [0.05, 0.1) is 33.8 Å². The first-order valence-electron chi connectivity index (χ1n) is 11.8. The highest BCUT2D eigenvalue weighted by atomic mass is 14.8. The molecule has 1 aromatic carbocycles. The van der Waals surface area contributed by atoms with Crippen molar-refractivity contribution in [2.45, 2.75) is 55.4 Å². The highest BCUT2D eigenvalue weighted by molar-refractivity contribution is 6.06. The fraction of sp³-hybridized carbons (Fsp3) is 0.267. The van der Waals surface area contributed by atoms with E-state index in [1.54, 1.807) is 0 Å². The lowest BCUT2D eigenvalue weighted by Gasteiger charge is -2.17. The molecule has 0 unspecified atom stereocenters. The van der Waals surface area contributed by atoms with E-state index in [4.69, 9.17) is 15.0 Å². The molecule has 0 bridgehead atoms. The average molecular weight is 447 g/mol. The minimum absolute atomic E-state index is 0.877. The molecule has 0 spiro atoms. The molecule has 170 valence electrons. The van der Waals surface area contributed by atoms with Gasteiger partial charge in [0.1, 0.15) is 0 Å². The predicted molar refractivity (Wildman–Crippen MR) is 141 cm³/mol. The van der Waals surface area contributed by atoms with Crippen LogP contribution in [0.1, 0.15) is 44.5 Å². The standard InChI is InChI=1S/C30H30N4/c1-15-11-25(31-13-17(15)3)26-12-16(2)20(6)27(33-26)28-22(8)21(7)24-10-9-23-19(5)18(4)14-32-29(23)30(24)34-28/h9-14H,1-8H3. The molecule has 5 rings (SSSR count). The van der Waals surface area contributed by atoms with Crippen molar-refractivity contribution in [2.24, 2.45) is 0 Å². The molecule has 4 nitrogen and oxygen atoms in total. The summed E-state index contributed by atoms with van der Waals surface area (Å²) in [5.41, 5.74) is 15.0. The third-order valence-corrected chi connectivity index (χ3v) is 7.47. The summed E-state index contributed by atoms with van der Waals surface area (Å²) in [6.07, 6.45) is 3.88. The van der Waals surface area contributed by atoms with E-state index in [2.05, 4.69) is 84.6 Å². The normalized spacial score (nSPS) is 11.5. The van der Waals surface area contributed by atoms with Gasteiger partial charge >= 0.3 is 0 Å². The van der Waals surface area contributed by atoms with Crippen molar-refractivity contribution in [3.05, 3.63) is 81.2 Å². The molecule has 0 aliphatic rings. The Morgan fingerprint density at radius 2 is 1.09 bits per heavy atom. The maximum Gasteiger partial charge on any atom is 0.0975 e. The quantitative estimate of drug-likeness (QED) is 0.266. The molecule has 0 fully saturated rings. The molecule has 0 aliphatic carbocycles. The number of aromatic nitrogens is 4. The van der Waals surface area contributed by atoms with Gasteiger partial charge in [-0.05, 0) is 112 Å². The van der Waals surface area contributed by atoms with Crippen LogP contribution in [-0.2, 0) is 0 Å². The van der Waals surface area contributed by atoms with Crippen molar-refractivity contribution in [2.75, 3.05) is 0 Å². The lowest BCUT2D eigenvalue weighted by molar-refractivity contribution is 1.15. The van der Waals surface area contributed by atoms with Crippen LogP contribution in [0.2, 0.25) is 0 Å². The Labute approximate surface area is 201 Å². The van der Waals surface area contributed by atoms with Crippen molar-refractivity contribution in [3.8, 4) is 22.8 Å². The Hall–Kier alpha value is -3.66. The lowest BCUT2D eigenvalue weighted by Crippen LogP contribution is -2.02. The molecule has 0 saturated heterocycles. The summed E-state index contributed by atoms with van der Waals surface area (Å²) in [6, 6.07) is 8.61. The van der Waals surface area contributed by atoms with Gasteiger partial charge in [-0.2, -0.15) is 0 Å². The van der Waals surface area contributed by atoms with Gasteiger partial charge in [-0.3, -0.25) is 9.97 Å². The SMILES string of the molecule is Cc1cnc(-c2cc(C)c(C)c(-c3nc4c(ccc5c(C)c(C)cnc54)c(C)c3C)n2)cc1C. The molecule has 0 amide bonds. The molecule has 0 N–H and O–H groups in total. The van der Waals surface area contributed by atoms with Crippen molar-refractivity contribution in [3.63, 3.8) is 0 Å². The molecular formula is C30H30N4. The van der Waals surface area contributed by atoms with E-state index in [1.165, 1.54) is 33.4 Å². The fourth-order valence-corrected chi connectivity index (χ4v) is 4.57. The summed E-state index contributed by atoms with van der Waals surface area (Å²) in [6.45, 7) is 17.0. The van der Waals surface area contributed by atoms with Gasteiger partial charge in [0.25, 0.3) is 0 Å². The topological polar surface area (TPSA) is 51.6 Å². The summed E-state index contributed by atoms with van der Waals surface area (Å²) in [4.78, 5) is 19.8. The summed E-state index contributed by atoms with van der Waals surface area (Å²) in [7, 11) is 0. The van der Waals surface area contributed by atoms with Crippen LogP contribution in [-0.4, -0.2) is 19.9 Å².